The van der Waals surface area contributed by atoms with Crippen LogP contribution in [0.4, 0.5) is 0 Å². The zero-order chi connectivity index (χ0) is 12.3. The van der Waals surface area contributed by atoms with E-state index in [0.717, 1.165) is 0 Å². The van der Waals surface area contributed by atoms with Gasteiger partial charge in [-0.25, -0.2) is 4.79 Å². The predicted octanol–water partition coefficient (Wildman–Crippen LogP) is 1.54. The van der Waals surface area contributed by atoms with Crippen LogP contribution in [0.5, 0.6) is 0 Å². The van der Waals surface area contributed by atoms with Crippen LogP contribution < -0.4 is 0 Å². The van der Waals surface area contributed by atoms with Crippen LogP contribution in [0.15, 0.2) is 17.8 Å². The molecule has 0 bridgehead atoms. The number of hydrogen-bond donors (Lipinski definition) is 0. The van der Waals surface area contributed by atoms with Gasteiger partial charge in [0.1, 0.15) is 11.2 Å². The van der Waals surface area contributed by atoms with Gasteiger partial charge < -0.3 is 4.74 Å². The lowest BCUT2D eigenvalue weighted by atomic mass is 10.2. The van der Waals surface area contributed by atoms with Crippen molar-refractivity contribution < 1.29 is 9.53 Å². The van der Waals surface area contributed by atoms with E-state index in [1.165, 1.54) is 22.3 Å². The number of carbonyl (C=O) groups excluding carboxylic acids is 1. The molecule has 2 aromatic rings. The van der Waals surface area contributed by atoms with E-state index in [0.29, 0.717) is 23.1 Å². The maximum Gasteiger partial charge on any atom is 0.350 e. The summed E-state index contributed by atoms with van der Waals surface area (Å²) in [7, 11) is 0. The molecule has 0 aliphatic heterocycles. The van der Waals surface area contributed by atoms with Crippen LogP contribution in [0.3, 0.4) is 0 Å². The highest BCUT2D eigenvalue weighted by atomic mass is 32.1. The molecule has 0 spiro atoms. The highest BCUT2D eigenvalue weighted by molar-refractivity contribution is 7.12. The fraction of sp³-hybridized carbons (Fsp3) is 0.400. The van der Waals surface area contributed by atoms with Crippen molar-refractivity contribution in [3.63, 3.8) is 0 Å². The summed E-state index contributed by atoms with van der Waals surface area (Å²) >= 11 is 1.32. The molecule has 0 atom stereocenters. The summed E-state index contributed by atoms with van der Waals surface area (Å²) in [6, 6.07) is 1.78. The molecule has 0 fully saturated rings. The molecule has 2 heterocycles. The highest BCUT2D eigenvalue weighted by Crippen LogP contribution is 2.21. The zero-order valence-electron chi connectivity index (χ0n) is 9.53. The molecule has 2 aromatic heterocycles. The second-order valence-electron chi connectivity index (χ2n) is 3.88. The molecular formula is C10H12N4O2S. The number of nitrogens with zero attached hydrogens (tertiary/aromatic N) is 4. The van der Waals surface area contributed by atoms with Crippen LogP contribution >= 0.6 is 11.3 Å². The Morgan fingerprint density at radius 2 is 2.41 bits per heavy atom. The first-order chi connectivity index (χ1) is 8.18. The van der Waals surface area contributed by atoms with Gasteiger partial charge in [0.25, 0.3) is 0 Å². The summed E-state index contributed by atoms with van der Waals surface area (Å²) in [4.78, 5) is 12.3. The average Bonchev–Trinajstić information content (AvgIpc) is 2.94. The van der Waals surface area contributed by atoms with Gasteiger partial charge in [0.15, 0.2) is 0 Å². The molecule has 17 heavy (non-hydrogen) atoms. The molecule has 0 aliphatic rings. The maximum atomic E-state index is 11.8. The SMILES string of the molecule is CC(C)COC(=O)c1sccc1-n1cnnn1. The summed E-state index contributed by atoms with van der Waals surface area (Å²) in [5.41, 5.74) is 0.647. The number of thiophene rings is 1. The van der Waals surface area contributed by atoms with Crippen molar-refractivity contribution in [1.29, 1.82) is 0 Å². The molecule has 7 heteroatoms. The summed E-state index contributed by atoms with van der Waals surface area (Å²) in [5, 5.41) is 12.6. The molecule has 0 N–H and O–H groups in total. The van der Waals surface area contributed by atoms with E-state index in [9.17, 15) is 4.79 Å². The molecule has 0 aliphatic carbocycles. The van der Waals surface area contributed by atoms with E-state index in [-0.39, 0.29) is 5.97 Å². The second kappa shape index (κ2) is 5.05. The Hall–Kier alpha value is -1.76. The molecule has 2 rings (SSSR count). The van der Waals surface area contributed by atoms with Crippen LogP contribution in [0.2, 0.25) is 0 Å². The first-order valence-corrected chi connectivity index (χ1v) is 6.04. The van der Waals surface area contributed by atoms with Gasteiger partial charge in [0, 0.05) is 0 Å². The first kappa shape index (κ1) is 11.7. The minimum absolute atomic E-state index is 0.315. The largest absolute Gasteiger partial charge is 0.461 e. The summed E-state index contributed by atoms with van der Waals surface area (Å²) in [6.45, 7) is 4.39. The van der Waals surface area contributed by atoms with Crippen LogP contribution in [-0.4, -0.2) is 32.8 Å². The zero-order valence-corrected chi connectivity index (χ0v) is 10.3. The number of tetrazole rings is 1. The Morgan fingerprint density at radius 3 is 3.06 bits per heavy atom. The second-order valence-corrected chi connectivity index (χ2v) is 4.80. The van der Waals surface area contributed by atoms with E-state index in [1.54, 1.807) is 6.07 Å². The van der Waals surface area contributed by atoms with Crippen molar-refractivity contribution in [3.8, 4) is 5.69 Å². The molecule has 0 radical (unpaired) electrons. The third-order valence-corrected chi connectivity index (χ3v) is 2.86. The summed E-state index contributed by atoms with van der Waals surface area (Å²) < 4.78 is 6.62. The van der Waals surface area contributed by atoms with Crippen molar-refractivity contribution in [2.45, 2.75) is 13.8 Å². The molecule has 0 amide bonds. The minimum Gasteiger partial charge on any atom is -0.461 e. The molecule has 0 aromatic carbocycles. The van der Waals surface area contributed by atoms with Gasteiger partial charge in [0.05, 0.1) is 12.3 Å². The Morgan fingerprint density at radius 1 is 1.59 bits per heavy atom. The smallest absolute Gasteiger partial charge is 0.350 e. The van der Waals surface area contributed by atoms with E-state index in [4.69, 9.17) is 4.74 Å². The van der Waals surface area contributed by atoms with Crippen LogP contribution in [0.25, 0.3) is 5.69 Å². The summed E-state index contributed by atoms with van der Waals surface area (Å²) in [6.07, 6.45) is 1.45. The summed E-state index contributed by atoms with van der Waals surface area (Å²) in [5.74, 6) is -0.0189. The lowest BCUT2D eigenvalue weighted by Gasteiger charge is -2.06. The van der Waals surface area contributed by atoms with Crippen molar-refractivity contribution in [2.75, 3.05) is 6.61 Å². The molecule has 90 valence electrons. The lowest BCUT2D eigenvalue weighted by Crippen LogP contribution is -2.11. The number of ether oxygens (including phenoxy) is 1. The molecule has 6 nitrogen and oxygen atoms in total. The number of rotatable bonds is 4. The normalized spacial score (nSPS) is 10.8. The number of esters is 1. The van der Waals surface area contributed by atoms with Crippen molar-refractivity contribution >= 4 is 17.3 Å². The fourth-order valence-corrected chi connectivity index (χ4v) is 1.99. The third kappa shape index (κ3) is 2.68. The average molecular weight is 252 g/mol. The Kier molecular flexibility index (Phi) is 3.48. The van der Waals surface area contributed by atoms with Gasteiger partial charge in [-0.1, -0.05) is 13.8 Å². The van der Waals surface area contributed by atoms with E-state index in [2.05, 4.69) is 15.5 Å². The first-order valence-electron chi connectivity index (χ1n) is 5.16. The number of hydrogen-bond acceptors (Lipinski definition) is 6. The number of aromatic nitrogens is 4. The lowest BCUT2D eigenvalue weighted by molar-refractivity contribution is 0.0464. The monoisotopic (exact) mass is 252 g/mol. The number of carbonyl (C=O) groups is 1. The molecule has 0 saturated carbocycles. The molecule has 0 saturated heterocycles. The topological polar surface area (TPSA) is 69.9 Å². The van der Waals surface area contributed by atoms with Crippen molar-refractivity contribution in [2.24, 2.45) is 5.92 Å². The molecular weight excluding hydrogens is 240 g/mol. The predicted molar refractivity (Wildman–Crippen MR) is 62.2 cm³/mol. The van der Waals surface area contributed by atoms with E-state index in [1.807, 2.05) is 19.2 Å². The Balaban J connectivity index is 2.17. The van der Waals surface area contributed by atoms with Crippen molar-refractivity contribution in [3.05, 3.63) is 22.7 Å². The molecule has 0 unspecified atom stereocenters. The quantitative estimate of drug-likeness (QED) is 0.772. The van der Waals surface area contributed by atoms with Gasteiger partial charge in [-0.15, -0.1) is 16.4 Å². The minimum atomic E-state index is -0.334. The van der Waals surface area contributed by atoms with Gasteiger partial charge in [-0.05, 0) is 27.8 Å². The van der Waals surface area contributed by atoms with Gasteiger partial charge >= 0.3 is 5.97 Å². The fourth-order valence-electron chi connectivity index (χ4n) is 1.22. The Bertz CT molecular complexity index is 492. The van der Waals surface area contributed by atoms with Crippen LogP contribution in [-0.2, 0) is 4.74 Å². The van der Waals surface area contributed by atoms with Gasteiger partial charge in [0.2, 0.25) is 0 Å². The van der Waals surface area contributed by atoms with Crippen LogP contribution in [0.1, 0.15) is 23.5 Å². The standard InChI is InChI=1S/C10H12N4O2S/c1-7(2)5-16-10(15)9-8(3-4-17-9)14-6-11-12-13-14/h3-4,6-7H,5H2,1-2H3. The van der Waals surface area contributed by atoms with E-state index >= 15 is 0 Å². The van der Waals surface area contributed by atoms with Crippen molar-refractivity contribution in [1.82, 2.24) is 20.2 Å². The highest BCUT2D eigenvalue weighted by Gasteiger charge is 2.17. The third-order valence-electron chi connectivity index (χ3n) is 1.97. The van der Waals surface area contributed by atoms with Crippen LogP contribution in [0, 0.1) is 5.92 Å². The van der Waals surface area contributed by atoms with Gasteiger partial charge in [-0.2, -0.15) is 4.68 Å². The maximum absolute atomic E-state index is 11.8. The van der Waals surface area contributed by atoms with E-state index < -0.39 is 0 Å². The Labute approximate surface area is 102 Å². The van der Waals surface area contributed by atoms with Gasteiger partial charge in [-0.3, -0.25) is 0 Å².